The van der Waals surface area contributed by atoms with E-state index in [0.29, 0.717) is 5.11 Å². The first-order chi connectivity index (χ1) is 10.6. The van der Waals surface area contributed by atoms with Crippen LogP contribution in [0.4, 0.5) is 11.4 Å². The third-order valence-electron chi connectivity index (χ3n) is 3.68. The van der Waals surface area contributed by atoms with Gasteiger partial charge in [-0.25, -0.2) is 0 Å². The molecule has 0 aliphatic heterocycles. The molecule has 3 heteroatoms. The number of benzene rings is 3. The molecule has 3 aromatic carbocycles. The van der Waals surface area contributed by atoms with Crippen molar-refractivity contribution >= 4 is 39.5 Å². The Morgan fingerprint density at radius 1 is 0.818 bits per heavy atom. The molecule has 0 spiro atoms. The molecule has 0 amide bonds. The van der Waals surface area contributed by atoms with E-state index in [1.165, 1.54) is 16.5 Å². The Morgan fingerprint density at radius 3 is 2.41 bits per heavy atom. The molecule has 0 atom stereocenters. The van der Waals surface area contributed by atoms with Gasteiger partial charge in [0.2, 0.25) is 0 Å². The van der Waals surface area contributed by atoms with Crippen molar-refractivity contribution in [3.63, 3.8) is 0 Å². The van der Waals surface area contributed by atoms with Crippen molar-refractivity contribution < 1.29 is 0 Å². The highest BCUT2D eigenvalue weighted by atomic mass is 32.1. The molecule has 0 saturated carbocycles. The molecular formula is C19H18N2S. The van der Waals surface area contributed by atoms with Crippen molar-refractivity contribution in [3.8, 4) is 0 Å². The Labute approximate surface area is 136 Å². The van der Waals surface area contributed by atoms with Crippen LogP contribution in [-0.2, 0) is 0 Å². The van der Waals surface area contributed by atoms with Gasteiger partial charge in [-0.2, -0.15) is 0 Å². The summed E-state index contributed by atoms with van der Waals surface area (Å²) < 4.78 is 0. The van der Waals surface area contributed by atoms with Gasteiger partial charge in [0.15, 0.2) is 5.11 Å². The lowest BCUT2D eigenvalue weighted by Gasteiger charge is -2.14. The first kappa shape index (κ1) is 14.5. The monoisotopic (exact) mass is 306 g/mol. The van der Waals surface area contributed by atoms with Gasteiger partial charge in [-0.15, -0.1) is 0 Å². The Balaban J connectivity index is 1.83. The van der Waals surface area contributed by atoms with Crippen LogP contribution in [0.15, 0.2) is 60.7 Å². The molecule has 2 nitrogen and oxygen atoms in total. The molecule has 0 aromatic heterocycles. The topological polar surface area (TPSA) is 24.1 Å². The predicted molar refractivity (Wildman–Crippen MR) is 99.7 cm³/mol. The van der Waals surface area contributed by atoms with E-state index in [1.54, 1.807) is 0 Å². The summed E-state index contributed by atoms with van der Waals surface area (Å²) in [6.45, 7) is 4.15. The van der Waals surface area contributed by atoms with Crippen molar-refractivity contribution in [2.45, 2.75) is 13.8 Å². The molecule has 0 radical (unpaired) electrons. The minimum absolute atomic E-state index is 0.602. The number of anilines is 2. The average Bonchev–Trinajstić information content (AvgIpc) is 2.51. The zero-order valence-corrected chi connectivity index (χ0v) is 13.5. The molecule has 0 unspecified atom stereocenters. The van der Waals surface area contributed by atoms with Gasteiger partial charge >= 0.3 is 0 Å². The van der Waals surface area contributed by atoms with Gasteiger partial charge in [0.05, 0.1) is 0 Å². The fourth-order valence-corrected chi connectivity index (χ4v) is 2.70. The van der Waals surface area contributed by atoms with Gasteiger partial charge in [-0.3, -0.25) is 0 Å². The predicted octanol–water partition coefficient (Wildman–Crippen LogP) is 5.27. The van der Waals surface area contributed by atoms with E-state index < -0.39 is 0 Å². The third-order valence-corrected chi connectivity index (χ3v) is 3.88. The van der Waals surface area contributed by atoms with Crippen LogP contribution in [0.3, 0.4) is 0 Å². The van der Waals surface area contributed by atoms with E-state index in [0.717, 1.165) is 16.8 Å². The average molecular weight is 306 g/mol. The SMILES string of the molecule is Cc1ccc(C)c(NC(=S)Nc2cccc3ccccc23)c1. The second-order valence-corrected chi connectivity index (χ2v) is 5.83. The highest BCUT2D eigenvalue weighted by Crippen LogP contribution is 2.23. The van der Waals surface area contributed by atoms with Crippen LogP contribution in [0.1, 0.15) is 11.1 Å². The Hall–Kier alpha value is -2.39. The Bertz CT molecular complexity index is 834. The number of fused-ring (bicyclic) bond motifs is 1. The summed E-state index contributed by atoms with van der Waals surface area (Å²) >= 11 is 5.46. The lowest BCUT2D eigenvalue weighted by molar-refractivity contribution is 1.39. The molecule has 0 aliphatic carbocycles. The molecular weight excluding hydrogens is 288 g/mol. The van der Waals surface area contributed by atoms with Crippen LogP contribution >= 0.6 is 12.2 Å². The number of rotatable bonds is 2. The molecule has 0 saturated heterocycles. The van der Waals surface area contributed by atoms with Gasteiger partial charge in [0.1, 0.15) is 0 Å². The third kappa shape index (κ3) is 3.10. The minimum Gasteiger partial charge on any atom is -0.332 e. The van der Waals surface area contributed by atoms with E-state index >= 15 is 0 Å². The van der Waals surface area contributed by atoms with Crippen molar-refractivity contribution in [1.82, 2.24) is 0 Å². The molecule has 0 heterocycles. The second-order valence-electron chi connectivity index (χ2n) is 5.42. The van der Waals surface area contributed by atoms with Gasteiger partial charge < -0.3 is 10.6 Å². The van der Waals surface area contributed by atoms with Crippen LogP contribution in [0.5, 0.6) is 0 Å². The maximum Gasteiger partial charge on any atom is 0.175 e. The summed E-state index contributed by atoms with van der Waals surface area (Å²) in [5.74, 6) is 0. The quantitative estimate of drug-likeness (QED) is 0.631. The summed E-state index contributed by atoms with van der Waals surface area (Å²) in [6.07, 6.45) is 0. The van der Waals surface area contributed by atoms with E-state index in [1.807, 2.05) is 24.3 Å². The van der Waals surface area contributed by atoms with Crippen LogP contribution in [0, 0.1) is 13.8 Å². The zero-order valence-electron chi connectivity index (χ0n) is 12.7. The van der Waals surface area contributed by atoms with Crippen LogP contribution < -0.4 is 10.6 Å². The molecule has 2 N–H and O–H groups in total. The first-order valence-electron chi connectivity index (χ1n) is 7.26. The standard InChI is InChI=1S/C19H18N2S/c1-13-10-11-14(2)18(12-13)21-19(22)20-17-9-5-7-15-6-3-4-8-16(15)17/h3-12H,1-2H3,(H2,20,21,22). The van der Waals surface area contributed by atoms with E-state index in [2.05, 4.69) is 60.9 Å². The smallest absolute Gasteiger partial charge is 0.175 e. The van der Waals surface area contributed by atoms with Crippen molar-refractivity contribution in [2.75, 3.05) is 10.6 Å². The fraction of sp³-hybridized carbons (Fsp3) is 0.105. The highest BCUT2D eigenvalue weighted by Gasteiger charge is 2.04. The first-order valence-corrected chi connectivity index (χ1v) is 7.67. The number of hydrogen-bond acceptors (Lipinski definition) is 1. The zero-order chi connectivity index (χ0) is 15.5. The molecule has 0 bridgehead atoms. The van der Waals surface area contributed by atoms with Gasteiger partial charge in [-0.1, -0.05) is 48.5 Å². The Morgan fingerprint density at radius 2 is 1.55 bits per heavy atom. The summed E-state index contributed by atoms with van der Waals surface area (Å²) in [4.78, 5) is 0. The second kappa shape index (κ2) is 6.16. The number of aryl methyl sites for hydroxylation is 2. The number of thiocarbonyl (C=S) groups is 1. The molecule has 110 valence electrons. The van der Waals surface area contributed by atoms with E-state index in [-0.39, 0.29) is 0 Å². The summed E-state index contributed by atoms with van der Waals surface area (Å²) in [6, 6.07) is 20.7. The minimum atomic E-state index is 0.602. The highest BCUT2D eigenvalue weighted by molar-refractivity contribution is 7.80. The van der Waals surface area contributed by atoms with E-state index in [9.17, 15) is 0 Å². The molecule has 3 rings (SSSR count). The maximum atomic E-state index is 5.46. The van der Waals surface area contributed by atoms with Gasteiger partial charge in [0, 0.05) is 16.8 Å². The molecule has 22 heavy (non-hydrogen) atoms. The fourth-order valence-electron chi connectivity index (χ4n) is 2.48. The maximum absolute atomic E-state index is 5.46. The van der Waals surface area contributed by atoms with Crippen LogP contribution in [0.25, 0.3) is 10.8 Å². The molecule has 0 fully saturated rings. The Kier molecular flexibility index (Phi) is 4.07. The van der Waals surface area contributed by atoms with Crippen molar-refractivity contribution in [2.24, 2.45) is 0 Å². The van der Waals surface area contributed by atoms with Crippen LogP contribution in [0.2, 0.25) is 0 Å². The van der Waals surface area contributed by atoms with Crippen molar-refractivity contribution in [1.29, 1.82) is 0 Å². The lowest BCUT2D eigenvalue weighted by atomic mass is 10.1. The summed E-state index contributed by atoms with van der Waals surface area (Å²) in [5.41, 5.74) is 4.44. The van der Waals surface area contributed by atoms with Gasteiger partial charge in [-0.05, 0) is 54.7 Å². The normalized spacial score (nSPS) is 10.5. The largest absolute Gasteiger partial charge is 0.332 e. The van der Waals surface area contributed by atoms with Crippen LogP contribution in [-0.4, -0.2) is 5.11 Å². The van der Waals surface area contributed by atoms with E-state index in [4.69, 9.17) is 12.2 Å². The summed E-state index contributed by atoms with van der Waals surface area (Å²) in [5, 5.41) is 9.55. The lowest BCUT2D eigenvalue weighted by Crippen LogP contribution is -2.19. The summed E-state index contributed by atoms with van der Waals surface area (Å²) in [7, 11) is 0. The number of hydrogen-bond donors (Lipinski definition) is 2. The number of nitrogens with one attached hydrogen (secondary N) is 2. The molecule has 0 aliphatic rings. The van der Waals surface area contributed by atoms with Gasteiger partial charge in [0.25, 0.3) is 0 Å². The molecule has 3 aromatic rings. The van der Waals surface area contributed by atoms with Crippen molar-refractivity contribution in [3.05, 3.63) is 71.8 Å².